The van der Waals surface area contributed by atoms with Gasteiger partial charge in [-0.25, -0.2) is 13.2 Å². The fourth-order valence-corrected chi connectivity index (χ4v) is 4.45. The van der Waals surface area contributed by atoms with Crippen molar-refractivity contribution in [2.45, 2.75) is 11.8 Å². The number of imidazole rings is 1. The van der Waals surface area contributed by atoms with E-state index in [1.165, 1.54) is 10.8 Å². The van der Waals surface area contributed by atoms with Crippen molar-refractivity contribution in [1.82, 2.24) is 9.55 Å². The third-order valence-electron chi connectivity index (χ3n) is 4.48. The Morgan fingerprint density at radius 1 is 1.00 bits per heavy atom. The molecule has 29 heavy (non-hydrogen) atoms. The smallest absolute Gasteiger partial charge is 0.330 e. The van der Waals surface area contributed by atoms with Gasteiger partial charge in [-0.05, 0) is 43.3 Å². The molecule has 0 radical (unpaired) electrons. The van der Waals surface area contributed by atoms with Gasteiger partial charge in [0.05, 0.1) is 17.2 Å². The first-order chi connectivity index (χ1) is 14.0. The van der Waals surface area contributed by atoms with Crippen molar-refractivity contribution >= 4 is 26.5 Å². The van der Waals surface area contributed by atoms with Gasteiger partial charge in [-0.2, -0.15) is 0 Å². The molecule has 2 N–H and O–H groups in total. The minimum Gasteiger partial charge on any atom is -0.493 e. The number of H-pyrrole nitrogens is 1. The first-order valence-electron chi connectivity index (χ1n) is 9.03. The van der Waals surface area contributed by atoms with Crippen LogP contribution in [0.3, 0.4) is 0 Å². The van der Waals surface area contributed by atoms with Crippen LogP contribution in [0.4, 0.5) is 5.69 Å². The standard InChI is InChI=1S/C21H19N3O4S/c1-2-28-19-11-12-20(18-6-4-3-5-17(18)19)29(26,27)23-15-7-9-16(10-8-15)24-14-13-22-21(24)25/h3-14,23H,2H2,1H3,(H,22,25). The van der Waals surface area contributed by atoms with E-state index in [1.807, 2.05) is 19.1 Å². The number of nitrogens with zero attached hydrogens (tertiary/aromatic N) is 1. The van der Waals surface area contributed by atoms with Gasteiger partial charge in [-0.3, -0.25) is 9.29 Å². The molecule has 148 valence electrons. The molecule has 0 spiro atoms. The minimum absolute atomic E-state index is 0.169. The van der Waals surface area contributed by atoms with Crippen molar-refractivity contribution in [3.63, 3.8) is 0 Å². The van der Waals surface area contributed by atoms with Crippen molar-refractivity contribution in [2.75, 3.05) is 11.3 Å². The summed E-state index contributed by atoms with van der Waals surface area (Å²) in [5, 5.41) is 1.32. The Kier molecular flexibility index (Phi) is 4.85. The highest BCUT2D eigenvalue weighted by Crippen LogP contribution is 2.32. The Labute approximate surface area is 167 Å². The first-order valence-corrected chi connectivity index (χ1v) is 10.5. The summed E-state index contributed by atoms with van der Waals surface area (Å²) in [6.45, 7) is 2.37. The van der Waals surface area contributed by atoms with Gasteiger partial charge in [0.1, 0.15) is 5.75 Å². The van der Waals surface area contributed by atoms with Crippen LogP contribution in [0.5, 0.6) is 5.75 Å². The predicted molar refractivity (Wildman–Crippen MR) is 112 cm³/mol. The largest absolute Gasteiger partial charge is 0.493 e. The third-order valence-corrected chi connectivity index (χ3v) is 5.92. The minimum atomic E-state index is -3.83. The number of sulfonamides is 1. The topological polar surface area (TPSA) is 93.2 Å². The van der Waals surface area contributed by atoms with Crippen LogP contribution in [0.1, 0.15) is 6.92 Å². The van der Waals surface area contributed by atoms with Crippen LogP contribution in [0.15, 0.2) is 82.7 Å². The molecule has 4 aromatic rings. The second kappa shape index (κ2) is 7.48. The number of hydrogen-bond donors (Lipinski definition) is 2. The normalized spacial score (nSPS) is 11.5. The van der Waals surface area contributed by atoms with Crippen LogP contribution in [-0.2, 0) is 10.0 Å². The van der Waals surface area contributed by atoms with Gasteiger partial charge in [-0.15, -0.1) is 0 Å². The molecule has 0 saturated carbocycles. The van der Waals surface area contributed by atoms with E-state index >= 15 is 0 Å². The van der Waals surface area contributed by atoms with Gasteiger partial charge in [0.15, 0.2) is 0 Å². The molecular formula is C21H19N3O4S. The quantitative estimate of drug-likeness (QED) is 0.510. The van der Waals surface area contributed by atoms with Gasteiger partial charge < -0.3 is 9.72 Å². The average molecular weight is 409 g/mol. The van der Waals surface area contributed by atoms with Gasteiger partial charge in [0.25, 0.3) is 10.0 Å². The second-order valence-corrected chi connectivity index (χ2v) is 7.98. The maximum atomic E-state index is 13.0. The molecule has 0 unspecified atom stereocenters. The molecule has 4 rings (SSSR count). The average Bonchev–Trinajstić information content (AvgIpc) is 3.14. The molecule has 0 atom stereocenters. The molecule has 7 nitrogen and oxygen atoms in total. The number of fused-ring (bicyclic) bond motifs is 1. The van der Waals surface area contributed by atoms with Crippen molar-refractivity contribution in [3.05, 3.63) is 83.5 Å². The molecule has 1 heterocycles. The fourth-order valence-electron chi connectivity index (χ4n) is 3.18. The highest BCUT2D eigenvalue weighted by atomic mass is 32.2. The van der Waals surface area contributed by atoms with E-state index in [-0.39, 0.29) is 10.6 Å². The maximum Gasteiger partial charge on any atom is 0.330 e. The van der Waals surface area contributed by atoms with E-state index in [0.717, 1.165) is 5.39 Å². The lowest BCUT2D eigenvalue weighted by atomic mass is 10.1. The Bertz CT molecular complexity index is 1320. The van der Waals surface area contributed by atoms with E-state index in [4.69, 9.17) is 4.74 Å². The summed E-state index contributed by atoms with van der Waals surface area (Å²) in [6, 6.07) is 17.0. The van der Waals surface area contributed by atoms with Crippen molar-refractivity contribution in [3.8, 4) is 11.4 Å². The zero-order valence-corrected chi connectivity index (χ0v) is 16.4. The number of ether oxygens (including phenoxy) is 1. The number of hydrogen-bond acceptors (Lipinski definition) is 4. The summed E-state index contributed by atoms with van der Waals surface area (Å²) in [6.07, 6.45) is 3.14. The molecule has 0 aliphatic carbocycles. The number of anilines is 1. The van der Waals surface area contributed by atoms with Crippen LogP contribution in [0.2, 0.25) is 0 Å². The molecule has 0 amide bonds. The molecule has 0 aliphatic rings. The van der Waals surface area contributed by atoms with E-state index < -0.39 is 10.0 Å². The number of aromatic amines is 1. The van der Waals surface area contributed by atoms with E-state index in [0.29, 0.717) is 29.1 Å². The second-order valence-electron chi connectivity index (χ2n) is 6.33. The SMILES string of the molecule is CCOc1ccc(S(=O)(=O)Nc2ccc(-n3cc[nH]c3=O)cc2)c2ccccc12. The van der Waals surface area contributed by atoms with Crippen molar-refractivity contribution in [1.29, 1.82) is 0 Å². The molecule has 0 bridgehead atoms. The maximum absolute atomic E-state index is 13.0. The Morgan fingerprint density at radius 2 is 1.72 bits per heavy atom. The zero-order chi connectivity index (χ0) is 20.4. The van der Waals surface area contributed by atoms with Gasteiger partial charge in [-0.1, -0.05) is 24.3 Å². The lowest BCUT2D eigenvalue weighted by molar-refractivity contribution is 0.344. The zero-order valence-electron chi connectivity index (χ0n) is 15.6. The van der Waals surface area contributed by atoms with Gasteiger partial charge in [0, 0.05) is 28.9 Å². The van der Waals surface area contributed by atoms with Crippen molar-refractivity contribution in [2.24, 2.45) is 0 Å². The Morgan fingerprint density at radius 3 is 2.38 bits per heavy atom. The van der Waals surface area contributed by atoms with Crippen molar-refractivity contribution < 1.29 is 13.2 Å². The summed E-state index contributed by atoms with van der Waals surface area (Å²) in [5.74, 6) is 0.642. The number of rotatable bonds is 6. The summed E-state index contributed by atoms with van der Waals surface area (Å²) in [4.78, 5) is 14.4. The van der Waals surface area contributed by atoms with E-state index in [9.17, 15) is 13.2 Å². The summed E-state index contributed by atoms with van der Waals surface area (Å²) in [7, 11) is -3.83. The fraction of sp³-hybridized carbons (Fsp3) is 0.0952. The van der Waals surface area contributed by atoms with Crippen LogP contribution < -0.4 is 15.1 Å². The van der Waals surface area contributed by atoms with Crippen LogP contribution in [0, 0.1) is 0 Å². The number of nitrogens with one attached hydrogen (secondary N) is 2. The van der Waals surface area contributed by atoms with Crippen LogP contribution in [0.25, 0.3) is 16.5 Å². The molecule has 0 fully saturated rings. The number of benzene rings is 3. The molecular weight excluding hydrogens is 390 g/mol. The lowest BCUT2D eigenvalue weighted by Crippen LogP contribution is -2.15. The molecule has 1 aromatic heterocycles. The number of aromatic nitrogens is 2. The van der Waals surface area contributed by atoms with Gasteiger partial charge >= 0.3 is 5.69 Å². The third kappa shape index (κ3) is 3.62. The molecule has 0 aliphatic heterocycles. The molecule has 3 aromatic carbocycles. The Hall–Kier alpha value is -3.52. The monoisotopic (exact) mass is 409 g/mol. The molecule has 8 heteroatoms. The van der Waals surface area contributed by atoms with Gasteiger partial charge in [0.2, 0.25) is 0 Å². The summed E-state index contributed by atoms with van der Waals surface area (Å²) >= 11 is 0. The van der Waals surface area contributed by atoms with Crippen LogP contribution >= 0.6 is 0 Å². The summed E-state index contributed by atoms with van der Waals surface area (Å²) < 4.78 is 35.7. The first kappa shape index (κ1) is 18.8. The van der Waals surface area contributed by atoms with E-state index in [2.05, 4.69) is 9.71 Å². The Balaban J connectivity index is 1.68. The van der Waals surface area contributed by atoms with E-state index in [1.54, 1.807) is 54.7 Å². The van der Waals surface area contributed by atoms with Crippen LogP contribution in [-0.4, -0.2) is 24.6 Å². The highest BCUT2D eigenvalue weighted by molar-refractivity contribution is 7.93. The lowest BCUT2D eigenvalue weighted by Gasteiger charge is -2.13. The highest BCUT2D eigenvalue weighted by Gasteiger charge is 2.19. The molecule has 0 saturated heterocycles. The summed E-state index contributed by atoms with van der Waals surface area (Å²) in [5.41, 5.74) is 0.764. The predicted octanol–water partition coefficient (Wildman–Crippen LogP) is 3.52.